The molecule has 0 aliphatic rings. The summed E-state index contributed by atoms with van der Waals surface area (Å²) in [6, 6.07) is 0. The number of nitrogens with zero attached hydrogens (tertiary/aromatic N) is 1. The summed E-state index contributed by atoms with van der Waals surface area (Å²) >= 11 is 2.14. The molecule has 0 aromatic rings. The SMILES string of the molecule is CCCCC(CCC)CSCCN(C)C. The fourth-order valence-electron chi connectivity index (χ4n) is 1.71. The molecule has 1 atom stereocenters. The lowest BCUT2D eigenvalue weighted by Gasteiger charge is -2.16. The zero-order valence-electron chi connectivity index (χ0n) is 11.1. The lowest BCUT2D eigenvalue weighted by molar-refractivity contribution is 0.436. The van der Waals surface area contributed by atoms with Gasteiger partial charge < -0.3 is 4.90 Å². The molecule has 0 saturated carbocycles. The molecule has 92 valence electrons. The van der Waals surface area contributed by atoms with Crippen LogP contribution in [-0.4, -0.2) is 37.0 Å². The van der Waals surface area contributed by atoms with E-state index < -0.39 is 0 Å². The van der Waals surface area contributed by atoms with Crippen LogP contribution in [0.4, 0.5) is 0 Å². The van der Waals surface area contributed by atoms with Gasteiger partial charge in [-0.1, -0.05) is 33.1 Å². The number of rotatable bonds is 10. The van der Waals surface area contributed by atoms with E-state index in [-0.39, 0.29) is 0 Å². The molecule has 0 rings (SSSR count). The summed E-state index contributed by atoms with van der Waals surface area (Å²) in [7, 11) is 4.31. The predicted molar refractivity (Wildman–Crippen MR) is 73.8 cm³/mol. The van der Waals surface area contributed by atoms with Gasteiger partial charge in [0.2, 0.25) is 0 Å². The summed E-state index contributed by atoms with van der Waals surface area (Å²) in [5.41, 5.74) is 0. The van der Waals surface area contributed by atoms with Gasteiger partial charge in [0.05, 0.1) is 0 Å². The molecule has 0 bridgehead atoms. The molecule has 0 aromatic heterocycles. The molecule has 0 saturated heterocycles. The summed E-state index contributed by atoms with van der Waals surface area (Å²) in [5, 5.41) is 0. The van der Waals surface area contributed by atoms with Crippen molar-refractivity contribution in [2.45, 2.75) is 46.0 Å². The maximum atomic E-state index is 2.31. The van der Waals surface area contributed by atoms with Gasteiger partial charge in [-0.2, -0.15) is 11.8 Å². The minimum atomic E-state index is 0.974. The second-order valence-electron chi connectivity index (χ2n) is 4.68. The molecule has 15 heavy (non-hydrogen) atoms. The highest BCUT2D eigenvalue weighted by Crippen LogP contribution is 2.20. The van der Waals surface area contributed by atoms with Crippen molar-refractivity contribution in [2.24, 2.45) is 5.92 Å². The van der Waals surface area contributed by atoms with Crippen molar-refractivity contribution in [3.8, 4) is 0 Å². The van der Waals surface area contributed by atoms with Crippen LogP contribution in [0.2, 0.25) is 0 Å². The molecule has 1 unspecified atom stereocenters. The van der Waals surface area contributed by atoms with Gasteiger partial charge in [0.15, 0.2) is 0 Å². The van der Waals surface area contributed by atoms with Gasteiger partial charge in [-0.15, -0.1) is 0 Å². The number of thioether (sulfide) groups is 1. The predicted octanol–water partition coefficient (Wildman–Crippen LogP) is 3.89. The van der Waals surface area contributed by atoms with Crippen molar-refractivity contribution < 1.29 is 0 Å². The summed E-state index contributed by atoms with van der Waals surface area (Å²) < 4.78 is 0. The highest BCUT2D eigenvalue weighted by molar-refractivity contribution is 7.99. The smallest absolute Gasteiger partial charge is 0.00662 e. The summed E-state index contributed by atoms with van der Waals surface area (Å²) in [6.45, 7) is 5.82. The molecule has 0 aliphatic heterocycles. The van der Waals surface area contributed by atoms with Gasteiger partial charge in [-0.05, 0) is 38.6 Å². The Labute approximate surface area is 101 Å². The first-order valence-electron chi connectivity index (χ1n) is 6.43. The van der Waals surface area contributed by atoms with Gasteiger partial charge in [-0.3, -0.25) is 0 Å². The minimum Gasteiger partial charge on any atom is -0.309 e. The van der Waals surface area contributed by atoms with Crippen LogP contribution in [0.15, 0.2) is 0 Å². The van der Waals surface area contributed by atoms with Crippen LogP contribution in [0.25, 0.3) is 0 Å². The van der Waals surface area contributed by atoms with E-state index in [1.165, 1.54) is 50.2 Å². The van der Waals surface area contributed by atoms with E-state index in [4.69, 9.17) is 0 Å². The van der Waals surface area contributed by atoms with Crippen LogP contribution in [0.3, 0.4) is 0 Å². The monoisotopic (exact) mass is 231 g/mol. The van der Waals surface area contributed by atoms with E-state index >= 15 is 0 Å². The third kappa shape index (κ3) is 10.6. The van der Waals surface area contributed by atoms with Crippen molar-refractivity contribution in [3.63, 3.8) is 0 Å². The molecule has 0 aliphatic carbocycles. The Morgan fingerprint density at radius 3 is 2.33 bits per heavy atom. The fourth-order valence-corrected chi connectivity index (χ4v) is 3.04. The Morgan fingerprint density at radius 1 is 1.07 bits per heavy atom. The van der Waals surface area contributed by atoms with Gasteiger partial charge in [0, 0.05) is 12.3 Å². The first kappa shape index (κ1) is 15.3. The Hall–Kier alpha value is 0.310. The topological polar surface area (TPSA) is 3.24 Å². The number of hydrogen-bond acceptors (Lipinski definition) is 2. The lowest BCUT2D eigenvalue weighted by atomic mass is 9.99. The van der Waals surface area contributed by atoms with Crippen molar-refractivity contribution >= 4 is 11.8 Å². The molecule has 0 radical (unpaired) electrons. The Bertz CT molecular complexity index is 126. The van der Waals surface area contributed by atoms with Crippen LogP contribution < -0.4 is 0 Å². The average Bonchev–Trinajstić information content (AvgIpc) is 2.20. The second kappa shape index (κ2) is 10.8. The first-order chi connectivity index (χ1) is 7.20. The standard InChI is InChI=1S/C13H29NS/c1-5-7-9-13(8-6-2)12-15-11-10-14(3)4/h13H,5-12H2,1-4H3. The van der Waals surface area contributed by atoms with Crippen LogP contribution in [0, 0.1) is 5.92 Å². The van der Waals surface area contributed by atoms with E-state index in [1.54, 1.807) is 0 Å². The van der Waals surface area contributed by atoms with Crippen LogP contribution in [-0.2, 0) is 0 Å². The molecule has 2 heteroatoms. The Kier molecular flexibility index (Phi) is 11.0. The zero-order valence-corrected chi connectivity index (χ0v) is 11.9. The van der Waals surface area contributed by atoms with Gasteiger partial charge >= 0.3 is 0 Å². The molecule has 0 heterocycles. The van der Waals surface area contributed by atoms with Crippen molar-refractivity contribution in [1.29, 1.82) is 0 Å². The number of hydrogen-bond donors (Lipinski definition) is 0. The molecule has 0 fully saturated rings. The van der Waals surface area contributed by atoms with E-state index in [0.717, 1.165) is 5.92 Å². The Morgan fingerprint density at radius 2 is 1.80 bits per heavy atom. The molecule has 1 nitrogen and oxygen atoms in total. The summed E-state index contributed by atoms with van der Waals surface area (Å²) in [6.07, 6.45) is 6.98. The van der Waals surface area contributed by atoms with E-state index in [1.807, 2.05) is 0 Å². The van der Waals surface area contributed by atoms with Gasteiger partial charge in [0.1, 0.15) is 0 Å². The largest absolute Gasteiger partial charge is 0.309 e. The van der Waals surface area contributed by atoms with Gasteiger partial charge in [0.25, 0.3) is 0 Å². The summed E-state index contributed by atoms with van der Waals surface area (Å²) in [4.78, 5) is 2.27. The first-order valence-corrected chi connectivity index (χ1v) is 7.58. The van der Waals surface area contributed by atoms with Crippen LogP contribution in [0.5, 0.6) is 0 Å². The molecule has 0 N–H and O–H groups in total. The number of unbranched alkanes of at least 4 members (excludes halogenated alkanes) is 1. The maximum absolute atomic E-state index is 2.31. The quantitative estimate of drug-likeness (QED) is 0.525. The summed E-state index contributed by atoms with van der Waals surface area (Å²) in [5.74, 6) is 3.64. The molecule has 0 spiro atoms. The highest BCUT2D eigenvalue weighted by atomic mass is 32.2. The van der Waals surface area contributed by atoms with Crippen LogP contribution in [0.1, 0.15) is 46.0 Å². The molecule has 0 aromatic carbocycles. The highest BCUT2D eigenvalue weighted by Gasteiger charge is 2.07. The lowest BCUT2D eigenvalue weighted by Crippen LogP contribution is -2.15. The van der Waals surface area contributed by atoms with Gasteiger partial charge in [-0.25, -0.2) is 0 Å². The van der Waals surface area contributed by atoms with E-state index in [9.17, 15) is 0 Å². The zero-order chi connectivity index (χ0) is 11.5. The van der Waals surface area contributed by atoms with E-state index in [0.29, 0.717) is 0 Å². The third-order valence-corrected chi connectivity index (χ3v) is 3.88. The molecular formula is C13H29NS. The van der Waals surface area contributed by atoms with Crippen molar-refractivity contribution in [1.82, 2.24) is 4.90 Å². The molecule has 0 amide bonds. The minimum absolute atomic E-state index is 0.974. The normalized spacial score (nSPS) is 13.4. The van der Waals surface area contributed by atoms with E-state index in [2.05, 4.69) is 44.6 Å². The third-order valence-electron chi connectivity index (χ3n) is 2.70. The van der Waals surface area contributed by atoms with Crippen LogP contribution >= 0.6 is 11.8 Å². The van der Waals surface area contributed by atoms with Crippen molar-refractivity contribution in [2.75, 3.05) is 32.1 Å². The van der Waals surface area contributed by atoms with Crippen molar-refractivity contribution in [3.05, 3.63) is 0 Å². The molecular weight excluding hydrogens is 202 g/mol. The second-order valence-corrected chi connectivity index (χ2v) is 5.82. The maximum Gasteiger partial charge on any atom is 0.00662 e. The Balaban J connectivity index is 3.47. The fraction of sp³-hybridized carbons (Fsp3) is 1.00. The average molecular weight is 231 g/mol.